The van der Waals surface area contributed by atoms with E-state index in [-0.39, 0.29) is 18.8 Å². The number of hydrogen-bond acceptors (Lipinski definition) is 12. The summed E-state index contributed by atoms with van der Waals surface area (Å²) in [6.07, 6.45) is 2.29. The van der Waals surface area contributed by atoms with Crippen molar-refractivity contribution in [2.75, 3.05) is 26.1 Å². The lowest BCUT2D eigenvalue weighted by Gasteiger charge is -2.21. The van der Waals surface area contributed by atoms with Gasteiger partial charge in [-0.15, -0.1) is 12.5 Å². The van der Waals surface area contributed by atoms with Gasteiger partial charge in [0.25, 0.3) is 0 Å². The SMILES string of the molecule is C=CCO[C@@H]1C[C@H](n2cc(C#CC)c3c(N)ncnc32)O[C@@H]1COP(=O)(O)OP(=O)(O)OP(=O)(O)OC. The zero-order valence-electron chi connectivity index (χ0n) is 19.6. The molecule has 0 radical (unpaired) electrons. The molecule has 16 nitrogen and oxygen atoms in total. The molecule has 0 aromatic carbocycles. The summed E-state index contributed by atoms with van der Waals surface area (Å²) in [6, 6.07) is 0. The summed E-state index contributed by atoms with van der Waals surface area (Å²) in [5.41, 5.74) is 7.01. The largest absolute Gasteiger partial charge is 0.490 e. The number of fused-ring (bicyclic) bond motifs is 1. The zero-order chi connectivity index (χ0) is 27.4. The van der Waals surface area contributed by atoms with Gasteiger partial charge in [0, 0.05) is 19.7 Å². The number of aromatic nitrogens is 3. The van der Waals surface area contributed by atoms with Crippen LogP contribution >= 0.6 is 23.5 Å². The Balaban J connectivity index is 1.79. The highest BCUT2D eigenvalue weighted by molar-refractivity contribution is 7.66. The van der Waals surface area contributed by atoms with E-state index < -0.39 is 48.5 Å². The minimum Gasteiger partial charge on any atom is -0.383 e. The first-order valence-corrected chi connectivity index (χ1v) is 14.8. The summed E-state index contributed by atoms with van der Waals surface area (Å²) in [7, 11) is -15.2. The maximum absolute atomic E-state index is 12.2. The van der Waals surface area contributed by atoms with Crippen molar-refractivity contribution in [1.82, 2.24) is 14.5 Å². The summed E-state index contributed by atoms with van der Waals surface area (Å²) in [5, 5.41) is 0.521. The van der Waals surface area contributed by atoms with Crippen LogP contribution in [-0.2, 0) is 40.8 Å². The molecule has 204 valence electrons. The van der Waals surface area contributed by atoms with Gasteiger partial charge in [0.05, 0.1) is 30.3 Å². The van der Waals surface area contributed by atoms with Gasteiger partial charge in [-0.1, -0.05) is 12.0 Å². The van der Waals surface area contributed by atoms with Gasteiger partial charge in [0.1, 0.15) is 30.1 Å². The quantitative estimate of drug-likeness (QED) is 0.160. The lowest BCUT2D eigenvalue weighted by atomic mass is 10.2. The summed E-state index contributed by atoms with van der Waals surface area (Å²) in [5.74, 6) is 5.93. The van der Waals surface area contributed by atoms with Crippen molar-refractivity contribution in [3.8, 4) is 11.8 Å². The Morgan fingerprint density at radius 1 is 1.24 bits per heavy atom. The van der Waals surface area contributed by atoms with Crippen LogP contribution in [0.1, 0.15) is 25.1 Å². The molecule has 0 aliphatic carbocycles. The van der Waals surface area contributed by atoms with E-state index in [1.807, 2.05) is 0 Å². The Morgan fingerprint density at radius 2 is 1.95 bits per heavy atom. The lowest BCUT2D eigenvalue weighted by molar-refractivity contribution is -0.0550. The van der Waals surface area contributed by atoms with E-state index >= 15 is 0 Å². The van der Waals surface area contributed by atoms with E-state index in [9.17, 15) is 23.5 Å². The molecule has 37 heavy (non-hydrogen) atoms. The number of ether oxygens (including phenoxy) is 2. The highest BCUT2D eigenvalue weighted by atomic mass is 31.3. The minimum absolute atomic E-state index is 0.112. The molecule has 0 spiro atoms. The Kier molecular flexibility index (Phi) is 9.47. The first kappa shape index (κ1) is 29.6. The standard InChI is InChI=1S/C18H25N4O12P3/c1-4-6-12-9-22(18-16(12)17(19)20-11-21-18)15-8-13(30-7-5-2)14(32-15)10-31-36(25,26)34-37(27,28)33-35(23,24)29-3/h5,9,11,13-15H,2,7-8,10H2,1,3H3,(H,23,24)(H,25,26)(H,27,28)(H2,19,20,21)/t13-,14-,15-/m1/s1. The van der Waals surface area contributed by atoms with E-state index in [2.05, 4.69) is 41.5 Å². The van der Waals surface area contributed by atoms with Crippen LogP contribution in [0, 0.1) is 11.8 Å². The maximum Gasteiger partial charge on any atom is 0.490 e. The smallest absolute Gasteiger partial charge is 0.383 e. The van der Waals surface area contributed by atoms with Gasteiger partial charge in [0.15, 0.2) is 0 Å². The number of nitrogens with zero attached hydrogens (tertiary/aromatic N) is 3. The molecule has 3 unspecified atom stereocenters. The number of hydrogen-bond donors (Lipinski definition) is 4. The molecular formula is C18H25N4O12P3. The topological polar surface area (TPSA) is 224 Å². The number of nitrogens with two attached hydrogens (primary N) is 1. The Labute approximate surface area is 211 Å². The Bertz CT molecular complexity index is 1350. The van der Waals surface area contributed by atoms with Crippen molar-refractivity contribution in [3.05, 3.63) is 30.7 Å². The predicted octanol–water partition coefficient (Wildman–Crippen LogP) is 2.24. The number of phosphoric acid groups is 3. The summed E-state index contributed by atoms with van der Waals surface area (Å²) in [6.45, 7) is 4.70. The van der Waals surface area contributed by atoms with Crippen molar-refractivity contribution >= 4 is 40.3 Å². The molecular weight excluding hydrogens is 557 g/mol. The van der Waals surface area contributed by atoms with E-state index in [1.54, 1.807) is 17.7 Å². The molecule has 1 fully saturated rings. The highest BCUT2D eigenvalue weighted by Gasteiger charge is 2.44. The molecule has 0 saturated carbocycles. The molecule has 3 rings (SSSR count). The molecule has 3 heterocycles. The normalized spacial score (nSPS) is 24.5. The number of anilines is 1. The van der Waals surface area contributed by atoms with E-state index in [0.717, 1.165) is 0 Å². The molecule has 2 aromatic rings. The fourth-order valence-corrected chi connectivity index (χ4v) is 6.71. The average Bonchev–Trinajstić information content (AvgIpc) is 3.37. The molecule has 1 aliphatic rings. The summed E-state index contributed by atoms with van der Waals surface area (Å²) >= 11 is 0. The first-order valence-electron chi connectivity index (χ1n) is 10.3. The van der Waals surface area contributed by atoms with Crippen LogP contribution in [0.4, 0.5) is 5.82 Å². The van der Waals surface area contributed by atoms with Crippen LogP contribution in [0.2, 0.25) is 0 Å². The Morgan fingerprint density at radius 3 is 2.59 bits per heavy atom. The van der Waals surface area contributed by atoms with E-state index in [1.165, 1.54) is 12.4 Å². The molecule has 6 atom stereocenters. The van der Waals surface area contributed by atoms with Gasteiger partial charge in [-0.25, -0.2) is 23.7 Å². The van der Waals surface area contributed by atoms with Crippen molar-refractivity contribution in [3.63, 3.8) is 0 Å². The fraction of sp³-hybridized carbons (Fsp3) is 0.444. The highest BCUT2D eigenvalue weighted by Crippen LogP contribution is 2.67. The van der Waals surface area contributed by atoms with Gasteiger partial charge >= 0.3 is 23.5 Å². The van der Waals surface area contributed by atoms with Crippen molar-refractivity contribution in [2.24, 2.45) is 0 Å². The molecule has 1 aliphatic heterocycles. The average molecular weight is 582 g/mol. The Hall–Kier alpha value is -1.95. The van der Waals surface area contributed by atoms with Crippen LogP contribution in [-0.4, -0.2) is 61.7 Å². The van der Waals surface area contributed by atoms with Crippen LogP contribution in [0.25, 0.3) is 11.0 Å². The summed E-state index contributed by atoms with van der Waals surface area (Å²) in [4.78, 5) is 36.8. The van der Waals surface area contributed by atoms with Crippen molar-refractivity contribution in [1.29, 1.82) is 0 Å². The molecule has 0 amide bonds. The number of rotatable bonds is 12. The van der Waals surface area contributed by atoms with Crippen molar-refractivity contribution < 1.29 is 55.5 Å². The van der Waals surface area contributed by atoms with Crippen LogP contribution < -0.4 is 5.73 Å². The number of phosphoric ester groups is 2. The van der Waals surface area contributed by atoms with Gasteiger partial charge in [-0.2, -0.15) is 8.62 Å². The molecule has 2 aromatic heterocycles. The maximum atomic E-state index is 12.2. The molecule has 5 N–H and O–H groups in total. The third-order valence-electron chi connectivity index (χ3n) is 4.86. The second-order valence-electron chi connectivity index (χ2n) is 7.36. The van der Waals surface area contributed by atoms with Gasteiger partial charge < -0.3 is 34.5 Å². The second-order valence-corrected chi connectivity index (χ2v) is 12.1. The zero-order valence-corrected chi connectivity index (χ0v) is 22.3. The molecule has 19 heteroatoms. The van der Waals surface area contributed by atoms with Gasteiger partial charge in [0.2, 0.25) is 0 Å². The monoisotopic (exact) mass is 582 g/mol. The number of nitrogen functional groups attached to an aromatic ring is 1. The van der Waals surface area contributed by atoms with Crippen molar-refractivity contribution in [2.45, 2.75) is 31.8 Å². The predicted molar refractivity (Wildman–Crippen MR) is 128 cm³/mol. The van der Waals surface area contributed by atoms with E-state index in [4.69, 9.17) is 24.6 Å². The van der Waals surface area contributed by atoms with Crippen LogP contribution in [0.5, 0.6) is 0 Å². The minimum atomic E-state index is -5.55. The third kappa shape index (κ3) is 7.55. The van der Waals surface area contributed by atoms with Crippen LogP contribution in [0.15, 0.2) is 25.2 Å². The van der Waals surface area contributed by atoms with E-state index in [0.29, 0.717) is 23.7 Å². The molecule has 1 saturated heterocycles. The molecule has 0 bridgehead atoms. The van der Waals surface area contributed by atoms with Crippen LogP contribution in [0.3, 0.4) is 0 Å². The first-order chi connectivity index (χ1) is 17.3. The summed E-state index contributed by atoms with van der Waals surface area (Å²) < 4.78 is 65.5. The van der Waals surface area contributed by atoms with Gasteiger partial charge in [-0.05, 0) is 6.92 Å². The lowest BCUT2D eigenvalue weighted by Crippen LogP contribution is -2.29. The van der Waals surface area contributed by atoms with Gasteiger partial charge in [-0.3, -0.25) is 9.05 Å². The third-order valence-corrected chi connectivity index (χ3v) is 9.10. The fourth-order valence-electron chi connectivity index (χ4n) is 3.45. The second kappa shape index (κ2) is 11.8.